The van der Waals surface area contributed by atoms with E-state index in [2.05, 4.69) is 5.32 Å². The molecule has 1 aromatic heterocycles. The van der Waals surface area contributed by atoms with Gasteiger partial charge in [-0.2, -0.15) is 0 Å². The second kappa shape index (κ2) is 4.42. The largest absolute Gasteiger partial charge is 0.386 e. The number of rotatable bonds is 3. The lowest BCUT2D eigenvalue weighted by atomic mass is 10.1. The first-order chi connectivity index (χ1) is 6.49. The van der Waals surface area contributed by atoms with Gasteiger partial charge in [0.2, 0.25) is 0 Å². The Kier molecular flexibility index (Phi) is 3.47. The molecule has 0 saturated carbocycles. The summed E-state index contributed by atoms with van der Waals surface area (Å²) in [6.45, 7) is 6.15. The molecule has 3 heteroatoms. The lowest BCUT2D eigenvalue weighted by Crippen LogP contribution is -2.31. The first-order valence-electron chi connectivity index (χ1n) is 4.51. The maximum Gasteiger partial charge on any atom is 0.197 e. The van der Waals surface area contributed by atoms with Gasteiger partial charge in [0.05, 0.1) is 4.88 Å². The standard InChI is InChI=1S/C11H15NOS/c1-11(2,3)12-7-6-9(13)10-5-4-8-14-10/h4-8,12H,1-3H3/b7-6+. The summed E-state index contributed by atoms with van der Waals surface area (Å²) < 4.78 is 0. The number of carbonyl (C=O) groups excluding carboxylic acids is 1. The van der Waals surface area contributed by atoms with Crippen LogP contribution in [-0.2, 0) is 0 Å². The molecule has 14 heavy (non-hydrogen) atoms. The Morgan fingerprint density at radius 2 is 2.21 bits per heavy atom. The summed E-state index contributed by atoms with van der Waals surface area (Å²) in [5.74, 6) is 0.0525. The highest BCUT2D eigenvalue weighted by Gasteiger charge is 2.06. The predicted molar refractivity (Wildman–Crippen MR) is 60.7 cm³/mol. The van der Waals surface area contributed by atoms with Crippen LogP contribution >= 0.6 is 11.3 Å². The Morgan fingerprint density at radius 3 is 2.71 bits per heavy atom. The minimum Gasteiger partial charge on any atom is -0.386 e. The SMILES string of the molecule is CC(C)(C)N/C=C/C(=O)c1cccs1. The number of carbonyl (C=O) groups is 1. The van der Waals surface area contributed by atoms with Gasteiger partial charge in [-0.1, -0.05) is 6.07 Å². The van der Waals surface area contributed by atoms with Gasteiger partial charge in [-0.05, 0) is 32.2 Å². The van der Waals surface area contributed by atoms with Gasteiger partial charge in [-0.15, -0.1) is 11.3 Å². The van der Waals surface area contributed by atoms with Crippen LogP contribution < -0.4 is 5.32 Å². The van der Waals surface area contributed by atoms with Crippen LogP contribution in [-0.4, -0.2) is 11.3 Å². The van der Waals surface area contributed by atoms with E-state index >= 15 is 0 Å². The highest BCUT2D eigenvalue weighted by Crippen LogP contribution is 2.09. The number of thiophene rings is 1. The molecule has 0 amide bonds. The molecule has 0 aliphatic rings. The van der Waals surface area contributed by atoms with Gasteiger partial charge in [-0.3, -0.25) is 4.79 Å². The first kappa shape index (κ1) is 11.0. The molecule has 1 rings (SSSR count). The molecular weight excluding hydrogens is 194 g/mol. The quantitative estimate of drug-likeness (QED) is 0.612. The monoisotopic (exact) mass is 209 g/mol. The fourth-order valence-corrected chi connectivity index (χ4v) is 1.51. The van der Waals surface area contributed by atoms with E-state index in [0.29, 0.717) is 0 Å². The van der Waals surface area contributed by atoms with E-state index in [1.165, 1.54) is 11.3 Å². The number of nitrogens with one attached hydrogen (secondary N) is 1. The summed E-state index contributed by atoms with van der Waals surface area (Å²) in [6, 6.07) is 3.71. The van der Waals surface area contributed by atoms with Gasteiger partial charge in [-0.25, -0.2) is 0 Å². The van der Waals surface area contributed by atoms with Crippen LogP contribution in [0.2, 0.25) is 0 Å². The maximum absolute atomic E-state index is 11.5. The third-order valence-corrected chi connectivity index (χ3v) is 2.40. The zero-order chi connectivity index (χ0) is 10.6. The van der Waals surface area contributed by atoms with Crippen molar-refractivity contribution in [3.8, 4) is 0 Å². The molecule has 0 bridgehead atoms. The second-order valence-electron chi connectivity index (χ2n) is 4.07. The topological polar surface area (TPSA) is 29.1 Å². The van der Waals surface area contributed by atoms with Crippen molar-refractivity contribution in [3.63, 3.8) is 0 Å². The van der Waals surface area contributed by atoms with Gasteiger partial charge in [0.15, 0.2) is 5.78 Å². The Hall–Kier alpha value is -1.09. The Labute approximate surface area is 88.6 Å². The molecule has 0 radical (unpaired) electrons. The van der Waals surface area contributed by atoms with Crippen LogP contribution in [0.3, 0.4) is 0 Å². The summed E-state index contributed by atoms with van der Waals surface area (Å²) in [5.41, 5.74) is 0.00618. The highest BCUT2D eigenvalue weighted by atomic mass is 32.1. The molecular formula is C11H15NOS. The Balaban J connectivity index is 2.50. The lowest BCUT2D eigenvalue weighted by molar-refractivity contribution is 0.105. The molecule has 0 saturated heterocycles. The average molecular weight is 209 g/mol. The van der Waals surface area contributed by atoms with E-state index in [0.717, 1.165) is 4.88 Å². The second-order valence-corrected chi connectivity index (χ2v) is 5.02. The van der Waals surface area contributed by atoms with E-state index in [9.17, 15) is 4.79 Å². The maximum atomic E-state index is 11.5. The van der Waals surface area contributed by atoms with Crippen LogP contribution in [0.25, 0.3) is 0 Å². The smallest absolute Gasteiger partial charge is 0.197 e. The van der Waals surface area contributed by atoms with Crippen LogP contribution in [0.1, 0.15) is 30.4 Å². The third kappa shape index (κ3) is 3.75. The van der Waals surface area contributed by atoms with Crippen molar-refractivity contribution in [2.24, 2.45) is 0 Å². The molecule has 0 fully saturated rings. The molecule has 0 aromatic carbocycles. The van der Waals surface area contributed by atoms with Crippen molar-refractivity contribution < 1.29 is 4.79 Å². The van der Waals surface area contributed by atoms with E-state index in [1.54, 1.807) is 12.3 Å². The molecule has 0 atom stereocenters. The normalized spacial score (nSPS) is 11.9. The minimum atomic E-state index is 0.00618. The van der Waals surface area contributed by atoms with Crippen LogP contribution in [0.4, 0.5) is 0 Å². The molecule has 1 N–H and O–H groups in total. The van der Waals surface area contributed by atoms with Crippen molar-refractivity contribution in [1.29, 1.82) is 0 Å². The van der Waals surface area contributed by atoms with Crippen molar-refractivity contribution in [2.45, 2.75) is 26.3 Å². The van der Waals surface area contributed by atoms with Crippen LogP contribution in [0.5, 0.6) is 0 Å². The number of ketones is 1. The Morgan fingerprint density at radius 1 is 1.50 bits per heavy atom. The molecule has 0 aliphatic carbocycles. The molecule has 76 valence electrons. The summed E-state index contributed by atoms with van der Waals surface area (Å²) in [7, 11) is 0. The minimum absolute atomic E-state index is 0.00618. The molecule has 0 spiro atoms. The average Bonchev–Trinajstić information content (AvgIpc) is 2.53. The first-order valence-corrected chi connectivity index (χ1v) is 5.39. The van der Waals surface area contributed by atoms with E-state index < -0.39 is 0 Å². The molecule has 0 aliphatic heterocycles. The third-order valence-electron chi connectivity index (χ3n) is 1.52. The van der Waals surface area contributed by atoms with E-state index in [-0.39, 0.29) is 11.3 Å². The zero-order valence-corrected chi connectivity index (χ0v) is 9.52. The van der Waals surface area contributed by atoms with Gasteiger partial charge < -0.3 is 5.32 Å². The van der Waals surface area contributed by atoms with Crippen LogP contribution in [0.15, 0.2) is 29.8 Å². The molecule has 1 heterocycles. The van der Waals surface area contributed by atoms with Crippen molar-refractivity contribution in [2.75, 3.05) is 0 Å². The van der Waals surface area contributed by atoms with Crippen molar-refractivity contribution in [3.05, 3.63) is 34.7 Å². The molecule has 1 aromatic rings. The van der Waals surface area contributed by atoms with E-state index in [1.807, 2.05) is 38.3 Å². The van der Waals surface area contributed by atoms with Crippen LogP contribution in [0, 0.1) is 0 Å². The summed E-state index contributed by atoms with van der Waals surface area (Å²) in [6.07, 6.45) is 3.28. The molecule has 0 unspecified atom stereocenters. The fourth-order valence-electron chi connectivity index (χ4n) is 0.868. The van der Waals surface area contributed by atoms with Gasteiger partial charge in [0.25, 0.3) is 0 Å². The van der Waals surface area contributed by atoms with Gasteiger partial charge in [0, 0.05) is 17.8 Å². The van der Waals surface area contributed by atoms with Gasteiger partial charge >= 0.3 is 0 Å². The number of allylic oxidation sites excluding steroid dienone is 1. The predicted octanol–water partition coefficient (Wildman–Crippen LogP) is 2.83. The van der Waals surface area contributed by atoms with Crippen molar-refractivity contribution >= 4 is 17.1 Å². The zero-order valence-electron chi connectivity index (χ0n) is 8.70. The number of hydrogen-bond donors (Lipinski definition) is 1. The Bertz CT molecular complexity index is 320. The fraction of sp³-hybridized carbons (Fsp3) is 0.364. The lowest BCUT2D eigenvalue weighted by Gasteiger charge is -2.18. The van der Waals surface area contributed by atoms with E-state index in [4.69, 9.17) is 0 Å². The summed E-state index contributed by atoms with van der Waals surface area (Å²) >= 11 is 1.46. The van der Waals surface area contributed by atoms with Gasteiger partial charge in [0.1, 0.15) is 0 Å². The summed E-state index contributed by atoms with van der Waals surface area (Å²) in [4.78, 5) is 12.3. The highest BCUT2D eigenvalue weighted by molar-refractivity contribution is 7.12. The number of hydrogen-bond acceptors (Lipinski definition) is 3. The summed E-state index contributed by atoms with van der Waals surface area (Å²) in [5, 5.41) is 5.02. The molecule has 2 nitrogen and oxygen atoms in total. The van der Waals surface area contributed by atoms with Crippen molar-refractivity contribution in [1.82, 2.24) is 5.32 Å².